The third kappa shape index (κ3) is 3.88. The monoisotopic (exact) mass is 386 g/mol. The Morgan fingerprint density at radius 1 is 1.29 bits per heavy atom. The number of aryl methyl sites for hydroxylation is 1. The average Bonchev–Trinajstić information content (AvgIpc) is 2.85. The molecule has 0 bridgehead atoms. The standard InChI is InChI=1S/C19H21Cl2FOS/c1-23-7-3-2-6-14-15(20)11-16(21)18(14)13-9-12-5-4-8-24-19(12)17(22)10-13/h9-10,14-16,18H,4-8,11H2,1H3. The first-order chi connectivity index (χ1) is 11.6. The second-order valence-electron chi connectivity index (χ2n) is 6.39. The van der Waals surface area contributed by atoms with E-state index in [4.69, 9.17) is 27.9 Å². The Kier molecular flexibility index (Phi) is 6.38. The largest absolute Gasteiger partial charge is 0.372 e. The summed E-state index contributed by atoms with van der Waals surface area (Å²) in [6.45, 7) is 0.416. The quantitative estimate of drug-likeness (QED) is 0.519. The fourth-order valence-corrected chi connectivity index (χ4v) is 5.79. The van der Waals surface area contributed by atoms with Gasteiger partial charge in [0.2, 0.25) is 0 Å². The average molecular weight is 387 g/mol. The third-order valence-corrected chi connectivity index (χ3v) is 7.00. The van der Waals surface area contributed by atoms with E-state index in [0.29, 0.717) is 13.0 Å². The van der Waals surface area contributed by atoms with Crippen LogP contribution in [0.3, 0.4) is 0 Å². The first-order valence-corrected chi connectivity index (χ1v) is 10.2. The zero-order valence-corrected chi connectivity index (χ0v) is 16.0. The highest BCUT2D eigenvalue weighted by Crippen LogP contribution is 2.48. The maximum atomic E-state index is 14.5. The smallest absolute Gasteiger partial charge is 0.137 e. The molecule has 130 valence electrons. The van der Waals surface area contributed by atoms with Crippen molar-refractivity contribution in [2.24, 2.45) is 5.92 Å². The van der Waals surface area contributed by atoms with Crippen molar-refractivity contribution in [3.05, 3.63) is 29.1 Å². The minimum absolute atomic E-state index is 0.0252. The fraction of sp³-hybridized carbons (Fsp3) is 0.579. The van der Waals surface area contributed by atoms with Crippen molar-refractivity contribution in [2.45, 2.75) is 47.3 Å². The van der Waals surface area contributed by atoms with Crippen LogP contribution in [0.25, 0.3) is 0 Å². The number of fused-ring (bicyclic) bond motifs is 1. The van der Waals surface area contributed by atoms with Crippen molar-refractivity contribution in [1.82, 2.24) is 0 Å². The van der Waals surface area contributed by atoms with Crippen molar-refractivity contribution < 1.29 is 9.13 Å². The molecule has 1 heterocycles. The minimum Gasteiger partial charge on any atom is -0.372 e. The SMILES string of the molecule is COCC#CCC1C(Cl)CC(Cl)C1c1cc(F)c2c(c1)CCCS2. The summed E-state index contributed by atoms with van der Waals surface area (Å²) in [5.74, 6) is 7.20. The number of hydrogen-bond donors (Lipinski definition) is 0. The van der Waals surface area contributed by atoms with E-state index in [-0.39, 0.29) is 28.4 Å². The Morgan fingerprint density at radius 2 is 2.12 bits per heavy atom. The Balaban J connectivity index is 1.88. The maximum absolute atomic E-state index is 14.5. The lowest BCUT2D eigenvalue weighted by Gasteiger charge is -2.25. The van der Waals surface area contributed by atoms with Crippen molar-refractivity contribution in [3.63, 3.8) is 0 Å². The van der Waals surface area contributed by atoms with Gasteiger partial charge in [0, 0.05) is 35.1 Å². The van der Waals surface area contributed by atoms with Crippen LogP contribution in [0, 0.1) is 23.6 Å². The Bertz CT molecular complexity index is 655. The zero-order chi connectivity index (χ0) is 17.1. The highest BCUT2D eigenvalue weighted by molar-refractivity contribution is 7.99. The van der Waals surface area contributed by atoms with Crippen LogP contribution in [0.4, 0.5) is 4.39 Å². The topological polar surface area (TPSA) is 9.23 Å². The second kappa shape index (κ2) is 8.32. The molecule has 1 fully saturated rings. The summed E-state index contributed by atoms with van der Waals surface area (Å²) in [4.78, 5) is 0.813. The minimum atomic E-state index is -0.113. The lowest BCUT2D eigenvalue weighted by atomic mass is 9.85. The van der Waals surface area contributed by atoms with E-state index in [1.165, 1.54) is 0 Å². The molecular weight excluding hydrogens is 366 g/mol. The molecule has 1 nitrogen and oxygen atoms in total. The summed E-state index contributed by atoms with van der Waals surface area (Å²) in [7, 11) is 1.63. The van der Waals surface area contributed by atoms with Crippen LogP contribution in [0.15, 0.2) is 17.0 Å². The molecule has 0 saturated heterocycles. The number of ether oxygens (including phenoxy) is 1. The van der Waals surface area contributed by atoms with Gasteiger partial charge in [-0.25, -0.2) is 4.39 Å². The Labute approximate surface area is 157 Å². The highest BCUT2D eigenvalue weighted by atomic mass is 35.5. The number of methoxy groups -OCH3 is 1. The molecule has 0 N–H and O–H groups in total. The first kappa shape index (κ1) is 18.4. The van der Waals surface area contributed by atoms with Crippen LogP contribution in [-0.2, 0) is 11.2 Å². The van der Waals surface area contributed by atoms with E-state index in [1.807, 2.05) is 0 Å². The summed E-state index contributed by atoms with van der Waals surface area (Å²) in [5.41, 5.74) is 2.10. The molecule has 2 aliphatic rings. The number of hydrogen-bond acceptors (Lipinski definition) is 2. The van der Waals surface area contributed by atoms with E-state index in [2.05, 4.69) is 17.9 Å². The lowest BCUT2D eigenvalue weighted by molar-refractivity contribution is 0.239. The van der Waals surface area contributed by atoms with Gasteiger partial charge >= 0.3 is 0 Å². The van der Waals surface area contributed by atoms with Gasteiger partial charge in [0.05, 0.1) is 0 Å². The van der Waals surface area contributed by atoms with Crippen LogP contribution >= 0.6 is 35.0 Å². The number of benzene rings is 1. The van der Waals surface area contributed by atoms with Gasteiger partial charge in [0.15, 0.2) is 0 Å². The van der Waals surface area contributed by atoms with E-state index < -0.39 is 0 Å². The molecule has 4 atom stereocenters. The van der Waals surface area contributed by atoms with Crippen LogP contribution in [0.1, 0.15) is 36.3 Å². The molecule has 1 aliphatic carbocycles. The zero-order valence-electron chi connectivity index (χ0n) is 13.7. The number of rotatable bonds is 3. The van der Waals surface area contributed by atoms with E-state index in [9.17, 15) is 4.39 Å². The molecule has 4 unspecified atom stereocenters. The van der Waals surface area contributed by atoms with Crippen LogP contribution in [-0.4, -0.2) is 30.2 Å². The summed E-state index contributed by atoms with van der Waals surface area (Å²) in [5, 5.41) is -0.0989. The van der Waals surface area contributed by atoms with Gasteiger partial charge in [0.1, 0.15) is 12.4 Å². The molecule has 24 heavy (non-hydrogen) atoms. The van der Waals surface area contributed by atoms with Gasteiger partial charge in [0.25, 0.3) is 0 Å². The molecule has 1 aromatic rings. The molecular formula is C19H21Cl2FOS. The molecule has 1 aliphatic heterocycles. The van der Waals surface area contributed by atoms with Crippen molar-refractivity contribution in [2.75, 3.05) is 19.5 Å². The Morgan fingerprint density at radius 3 is 2.92 bits per heavy atom. The van der Waals surface area contributed by atoms with Crippen LogP contribution in [0.5, 0.6) is 0 Å². The predicted molar refractivity (Wildman–Crippen MR) is 99.8 cm³/mol. The van der Waals surface area contributed by atoms with E-state index >= 15 is 0 Å². The molecule has 0 amide bonds. The summed E-state index contributed by atoms with van der Waals surface area (Å²) in [6, 6.07) is 3.82. The van der Waals surface area contributed by atoms with E-state index in [1.54, 1.807) is 24.9 Å². The second-order valence-corrected chi connectivity index (χ2v) is 8.62. The molecule has 1 aromatic carbocycles. The summed E-state index contributed by atoms with van der Waals surface area (Å²) >= 11 is 14.7. The van der Waals surface area contributed by atoms with E-state index in [0.717, 1.165) is 41.0 Å². The predicted octanol–water partition coefficient (Wildman–Crippen LogP) is 5.22. The third-order valence-electron chi connectivity index (χ3n) is 4.81. The van der Waals surface area contributed by atoms with Crippen molar-refractivity contribution in [3.8, 4) is 11.8 Å². The molecule has 0 spiro atoms. The van der Waals surface area contributed by atoms with Gasteiger partial charge in [-0.3, -0.25) is 0 Å². The van der Waals surface area contributed by atoms with Crippen LogP contribution < -0.4 is 0 Å². The molecule has 3 rings (SSSR count). The number of alkyl halides is 2. The summed E-state index contributed by atoms with van der Waals surface area (Å²) in [6.07, 6.45) is 3.44. The first-order valence-electron chi connectivity index (χ1n) is 8.29. The van der Waals surface area contributed by atoms with Gasteiger partial charge in [-0.2, -0.15) is 0 Å². The van der Waals surface area contributed by atoms with Crippen molar-refractivity contribution in [1.29, 1.82) is 0 Å². The molecule has 0 radical (unpaired) electrons. The summed E-state index contributed by atoms with van der Waals surface area (Å²) < 4.78 is 19.5. The highest BCUT2D eigenvalue weighted by Gasteiger charge is 2.42. The molecule has 0 aromatic heterocycles. The van der Waals surface area contributed by atoms with Gasteiger partial charge in [-0.1, -0.05) is 12.0 Å². The van der Waals surface area contributed by atoms with Crippen molar-refractivity contribution >= 4 is 35.0 Å². The van der Waals surface area contributed by atoms with Gasteiger partial charge in [-0.05, 0) is 48.1 Å². The molecule has 5 heteroatoms. The number of halogens is 3. The number of thioether (sulfide) groups is 1. The normalized spacial score (nSPS) is 29.0. The molecule has 1 saturated carbocycles. The maximum Gasteiger partial charge on any atom is 0.137 e. The lowest BCUT2D eigenvalue weighted by Crippen LogP contribution is -2.17. The van der Waals surface area contributed by atoms with Gasteiger partial charge < -0.3 is 4.74 Å². The Hall–Kier alpha value is -0.400. The van der Waals surface area contributed by atoms with Crippen LogP contribution in [0.2, 0.25) is 0 Å². The fourth-order valence-electron chi connectivity index (χ4n) is 3.70. The van der Waals surface area contributed by atoms with Gasteiger partial charge in [-0.15, -0.1) is 40.9 Å².